The monoisotopic (exact) mass is 358 g/mol. The third-order valence-electron chi connectivity index (χ3n) is 3.54. The van der Waals surface area contributed by atoms with Crippen LogP contribution in [0, 0.1) is 6.92 Å². The number of hydrogen-bond donors (Lipinski definition) is 0. The van der Waals surface area contributed by atoms with Gasteiger partial charge in [-0.3, -0.25) is 4.90 Å². The highest BCUT2D eigenvalue weighted by molar-refractivity contribution is 7.13. The summed E-state index contributed by atoms with van der Waals surface area (Å²) in [7, 11) is 3.32. The maximum absolute atomic E-state index is 11.6. The number of nitrogens with zero attached hydrogens (tertiary/aromatic N) is 4. The molecule has 3 heterocycles. The van der Waals surface area contributed by atoms with Gasteiger partial charge in [0.25, 0.3) is 0 Å². The molecule has 0 N–H and O–H groups in total. The zero-order valence-electron chi connectivity index (χ0n) is 14.2. The topological polar surface area (TPSA) is 81.4 Å². The van der Waals surface area contributed by atoms with Crippen molar-refractivity contribution < 1.29 is 13.9 Å². The van der Waals surface area contributed by atoms with Gasteiger partial charge in [0, 0.05) is 24.3 Å². The fraction of sp³-hybridized carbons (Fsp3) is 0.294. The number of furan rings is 1. The molecule has 3 aromatic heterocycles. The number of aryl methyl sites for hydroxylation is 1. The minimum absolute atomic E-state index is 0.387. The molecule has 7 nitrogen and oxygen atoms in total. The Bertz CT molecular complexity index is 860. The van der Waals surface area contributed by atoms with Gasteiger partial charge in [-0.2, -0.15) is 0 Å². The lowest BCUT2D eigenvalue weighted by molar-refractivity contribution is 0.0599. The Balaban J connectivity index is 1.64. The summed E-state index contributed by atoms with van der Waals surface area (Å²) in [5.74, 6) is 1.52. The molecule has 8 heteroatoms. The van der Waals surface area contributed by atoms with Crippen LogP contribution in [-0.4, -0.2) is 40.0 Å². The molecule has 0 saturated heterocycles. The predicted molar refractivity (Wildman–Crippen MR) is 93.1 cm³/mol. The van der Waals surface area contributed by atoms with Crippen molar-refractivity contribution in [3.63, 3.8) is 0 Å². The van der Waals surface area contributed by atoms with Crippen LogP contribution in [-0.2, 0) is 17.8 Å². The van der Waals surface area contributed by atoms with Gasteiger partial charge in [0.15, 0.2) is 10.8 Å². The molecular formula is C17H18N4O3S. The fourth-order valence-corrected chi connectivity index (χ4v) is 3.18. The van der Waals surface area contributed by atoms with Crippen molar-refractivity contribution in [2.75, 3.05) is 14.2 Å². The smallest absolute Gasteiger partial charge is 0.341 e. The predicted octanol–water partition coefficient (Wildman–Crippen LogP) is 2.92. The Labute approximate surface area is 149 Å². The number of carbonyl (C=O) groups excluding carboxylic acids is 1. The van der Waals surface area contributed by atoms with Gasteiger partial charge in [-0.25, -0.2) is 19.7 Å². The Morgan fingerprint density at radius 2 is 2.08 bits per heavy atom. The minimum Gasteiger partial charge on any atom is -0.465 e. The van der Waals surface area contributed by atoms with Crippen LogP contribution in [0.5, 0.6) is 0 Å². The summed E-state index contributed by atoms with van der Waals surface area (Å²) in [5.41, 5.74) is 1.40. The Morgan fingerprint density at radius 3 is 2.80 bits per heavy atom. The summed E-state index contributed by atoms with van der Waals surface area (Å²) >= 11 is 1.52. The second-order valence-electron chi connectivity index (χ2n) is 5.56. The van der Waals surface area contributed by atoms with Gasteiger partial charge in [0.2, 0.25) is 0 Å². The first-order valence-corrected chi connectivity index (χ1v) is 8.52. The number of carbonyl (C=O) groups is 1. The van der Waals surface area contributed by atoms with E-state index in [1.165, 1.54) is 18.4 Å². The molecule has 0 spiro atoms. The maximum atomic E-state index is 11.6. The van der Waals surface area contributed by atoms with E-state index < -0.39 is 0 Å². The summed E-state index contributed by atoms with van der Waals surface area (Å²) in [6.07, 6.45) is 3.40. The van der Waals surface area contributed by atoms with Crippen LogP contribution >= 0.6 is 11.3 Å². The lowest BCUT2D eigenvalue weighted by Crippen LogP contribution is -2.17. The Kier molecular flexibility index (Phi) is 5.20. The molecule has 0 amide bonds. The van der Waals surface area contributed by atoms with E-state index in [0.29, 0.717) is 36.0 Å². The van der Waals surface area contributed by atoms with Crippen molar-refractivity contribution in [2.24, 2.45) is 0 Å². The Morgan fingerprint density at radius 1 is 1.32 bits per heavy atom. The first-order valence-electron chi connectivity index (χ1n) is 7.64. The number of rotatable bonds is 6. The molecule has 0 unspecified atom stereocenters. The third-order valence-corrected chi connectivity index (χ3v) is 4.43. The fourth-order valence-electron chi connectivity index (χ4n) is 2.42. The summed E-state index contributed by atoms with van der Waals surface area (Å²) < 4.78 is 10.4. The maximum Gasteiger partial charge on any atom is 0.341 e. The molecular weight excluding hydrogens is 340 g/mol. The second-order valence-corrected chi connectivity index (χ2v) is 6.42. The number of aromatic nitrogens is 3. The molecule has 130 valence electrons. The van der Waals surface area contributed by atoms with Gasteiger partial charge in [0.05, 0.1) is 19.3 Å². The molecule has 0 radical (unpaired) electrons. The van der Waals surface area contributed by atoms with E-state index in [0.717, 1.165) is 10.7 Å². The molecule has 25 heavy (non-hydrogen) atoms. The van der Waals surface area contributed by atoms with Gasteiger partial charge >= 0.3 is 5.97 Å². The molecule has 3 aromatic rings. The first kappa shape index (κ1) is 17.2. The van der Waals surface area contributed by atoms with E-state index in [2.05, 4.69) is 19.9 Å². The zero-order valence-corrected chi connectivity index (χ0v) is 15.0. The first-order chi connectivity index (χ1) is 12.1. The molecule has 0 aliphatic heterocycles. The third kappa shape index (κ3) is 4.09. The number of ether oxygens (including phenoxy) is 1. The van der Waals surface area contributed by atoms with Crippen molar-refractivity contribution >= 4 is 17.3 Å². The van der Waals surface area contributed by atoms with Gasteiger partial charge < -0.3 is 9.15 Å². The van der Waals surface area contributed by atoms with Gasteiger partial charge in [-0.15, -0.1) is 11.3 Å². The quantitative estimate of drug-likeness (QED) is 0.627. The van der Waals surface area contributed by atoms with Crippen molar-refractivity contribution in [2.45, 2.75) is 20.0 Å². The summed E-state index contributed by atoms with van der Waals surface area (Å²) in [4.78, 5) is 26.7. The lowest BCUT2D eigenvalue weighted by atomic mass is 10.2. The lowest BCUT2D eigenvalue weighted by Gasteiger charge is -2.13. The van der Waals surface area contributed by atoms with Crippen LogP contribution in [0.3, 0.4) is 0 Å². The molecule has 0 saturated carbocycles. The van der Waals surface area contributed by atoms with E-state index in [9.17, 15) is 4.79 Å². The molecule has 0 aliphatic carbocycles. The molecule has 0 aromatic carbocycles. The Hall–Kier alpha value is -2.58. The van der Waals surface area contributed by atoms with Crippen LogP contribution in [0.25, 0.3) is 10.8 Å². The average molecular weight is 358 g/mol. The second kappa shape index (κ2) is 7.54. The van der Waals surface area contributed by atoms with Gasteiger partial charge in [0.1, 0.15) is 17.1 Å². The van der Waals surface area contributed by atoms with Crippen molar-refractivity contribution in [3.8, 4) is 10.8 Å². The highest BCUT2D eigenvalue weighted by atomic mass is 32.1. The summed E-state index contributed by atoms with van der Waals surface area (Å²) in [6, 6.07) is 3.50. The van der Waals surface area contributed by atoms with Gasteiger partial charge in [-0.1, -0.05) is 0 Å². The number of methoxy groups -OCH3 is 1. The zero-order chi connectivity index (χ0) is 17.8. The number of esters is 1. The van der Waals surface area contributed by atoms with Crippen molar-refractivity contribution in [1.29, 1.82) is 0 Å². The number of hydrogen-bond acceptors (Lipinski definition) is 8. The summed E-state index contributed by atoms with van der Waals surface area (Å²) in [5, 5.41) is 2.79. The highest BCUT2D eigenvalue weighted by Crippen LogP contribution is 2.21. The minimum atomic E-state index is -0.387. The highest BCUT2D eigenvalue weighted by Gasteiger charge is 2.17. The van der Waals surface area contributed by atoms with E-state index in [-0.39, 0.29) is 5.97 Å². The molecule has 0 atom stereocenters. The summed E-state index contributed by atoms with van der Waals surface area (Å²) in [6.45, 7) is 2.96. The van der Waals surface area contributed by atoms with Crippen LogP contribution < -0.4 is 0 Å². The van der Waals surface area contributed by atoms with Crippen LogP contribution in [0.2, 0.25) is 0 Å². The normalized spacial score (nSPS) is 11.0. The van der Waals surface area contributed by atoms with E-state index >= 15 is 0 Å². The molecule has 3 rings (SSSR count). The van der Waals surface area contributed by atoms with Crippen molar-refractivity contribution in [1.82, 2.24) is 19.9 Å². The average Bonchev–Trinajstić information content (AvgIpc) is 3.21. The van der Waals surface area contributed by atoms with Crippen LogP contribution in [0.4, 0.5) is 0 Å². The standard InChI is InChI=1S/C17H18N4O3S/c1-11-14(17(22)23-3)7-13(24-11)9-21(2)8-12-10-25-16(20-12)15-18-5-4-6-19-15/h4-7,10H,8-9H2,1-3H3. The van der Waals surface area contributed by atoms with E-state index in [1.54, 1.807) is 31.5 Å². The molecule has 0 fully saturated rings. The van der Waals surface area contributed by atoms with Gasteiger partial charge in [-0.05, 0) is 26.1 Å². The number of thiazole rings is 1. The van der Waals surface area contributed by atoms with E-state index in [1.807, 2.05) is 12.4 Å². The largest absolute Gasteiger partial charge is 0.465 e. The van der Waals surface area contributed by atoms with E-state index in [4.69, 9.17) is 9.15 Å². The molecule has 0 bridgehead atoms. The SMILES string of the molecule is COC(=O)c1cc(CN(C)Cc2csc(-c3ncccn3)n2)oc1C. The van der Waals surface area contributed by atoms with Crippen LogP contribution in [0.15, 0.2) is 34.3 Å². The molecule has 0 aliphatic rings. The van der Waals surface area contributed by atoms with Crippen LogP contribution in [0.1, 0.15) is 27.6 Å². The van der Waals surface area contributed by atoms with Crippen molar-refractivity contribution in [3.05, 3.63) is 52.7 Å².